The highest BCUT2D eigenvalue weighted by atomic mass is 19.1. The SMILES string of the molecule is C[C@@H](n1cc(-c2ccc(F)cc2F)cn1)[C@](O)(Cn1cncn1)c1ccc(F)cc1F. The summed E-state index contributed by atoms with van der Waals surface area (Å²) in [4.78, 5) is 3.82. The molecule has 2 atom stereocenters. The van der Waals surface area contributed by atoms with Crippen LogP contribution in [0, 0.1) is 23.3 Å². The number of halogens is 4. The third-order valence-electron chi connectivity index (χ3n) is 5.20. The molecule has 10 heteroatoms. The smallest absolute Gasteiger partial charge is 0.137 e. The van der Waals surface area contributed by atoms with Crippen molar-refractivity contribution in [3.05, 3.63) is 90.3 Å². The number of benzene rings is 2. The molecule has 2 aromatic heterocycles. The molecular formula is C21H17F4N5O. The van der Waals surface area contributed by atoms with Crippen LogP contribution in [-0.2, 0) is 12.1 Å². The van der Waals surface area contributed by atoms with E-state index in [4.69, 9.17) is 0 Å². The maximum atomic E-state index is 14.7. The van der Waals surface area contributed by atoms with Gasteiger partial charge in [-0.15, -0.1) is 0 Å². The Kier molecular flexibility index (Phi) is 5.32. The van der Waals surface area contributed by atoms with Gasteiger partial charge in [-0.1, -0.05) is 6.07 Å². The van der Waals surface area contributed by atoms with Gasteiger partial charge < -0.3 is 5.11 Å². The average Bonchev–Trinajstić information content (AvgIpc) is 3.39. The van der Waals surface area contributed by atoms with Crippen molar-refractivity contribution >= 4 is 0 Å². The predicted molar refractivity (Wildman–Crippen MR) is 103 cm³/mol. The number of nitrogens with zero attached hydrogens (tertiary/aromatic N) is 5. The molecule has 160 valence electrons. The highest BCUT2D eigenvalue weighted by Gasteiger charge is 2.40. The number of aromatic nitrogens is 5. The van der Waals surface area contributed by atoms with Crippen molar-refractivity contribution in [2.75, 3.05) is 0 Å². The van der Waals surface area contributed by atoms with E-state index < -0.39 is 34.9 Å². The Balaban J connectivity index is 1.76. The van der Waals surface area contributed by atoms with Gasteiger partial charge >= 0.3 is 0 Å². The van der Waals surface area contributed by atoms with Crippen molar-refractivity contribution in [2.45, 2.75) is 25.1 Å². The molecule has 6 nitrogen and oxygen atoms in total. The van der Waals surface area contributed by atoms with Gasteiger partial charge in [0.1, 0.15) is 41.5 Å². The van der Waals surface area contributed by atoms with E-state index in [0.29, 0.717) is 11.6 Å². The van der Waals surface area contributed by atoms with Gasteiger partial charge in [-0.2, -0.15) is 10.2 Å². The fourth-order valence-corrected chi connectivity index (χ4v) is 3.48. The number of aliphatic hydroxyl groups is 1. The van der Waals surface area contributed by atoms with E-state index in [1.165, 1.54) is 40.5 Å². The number of hydrogen-bond acceptors (Lipinski definition) is 4. The molecule has 0 aliphatic heterocycles. The summed E-state index contributed by atoms with van der Waals surface area (Å²) in [6.45, 7) is 1.37. The lowest BCUT2D eigenvalue weighted by molar-refractivity contribution is -0.0368. The van der Waals surface area contributed by atoms with Crippen molar-refractivity contribution in [2.24, 2.45) is 0 Å². The molecule has 0 unspecified atom stereocenters. The molecule has 2 heterocycles. The summed E-state index contributed by atoms with van der Waals surface area (Å²) in [7, 11) is 0. The highest BCUT2D eigenvalue weighted by Crippen LogP contribution is 2.37. The van der Waals surface area contributed by atoms with E-state index in [0.717, 1.165) is 24.3 Å². The first-order valence-corrected chi connectivity index (χ1v) is 9.28. The van der Waals surface area contributed by atoms with Crippen LogP contribution in [0.25, 0.3) is 11.1 Å². The Morgan fingerprint density at radius 3 is 2.35 bits per heavy atom. The summed E-state index contributed by atoms with van der Waals surface area (Å²) in [6.07, 6.45) is 5.41. The molecule has 0 fully saturated rings. The molecule has 0 radical (unpaired) electrons. The summed E-state index contributed by atoms with van der Waals surface area (Å²) in [6, 6.07) is 5.13. The molecule has 0 aliphatic carbocycles. The van der Waals surface area contributed by atoms with Gasteiger partial charge in [0.05, 0.1) is 18.8 Å². The molecule has 0 amide bonds. The van der Waals surface area contributed by atoms with E-state index in [9.17, 15) is 22.7 Å². The van der Waals surface area contributed by atoms with Crippen LogP contribution < -0.4 is 0 Å². The van der Waals surface area contributed by atoms with Crippen molar-refractivity contribution in [3.8, 4) is 11.1 Å². The van der Waals surface area contributed by atoms with Gasteiger partial charge in [0.15, 0.2) is 0 Å². The number of rotatable bonds is 6. The second kappa shape index (κ2) is 7.95. The third-order valence-corrected chi connectivity index (χ3v) is 5.20. The van der Waals surface area contributed by atoms with Gasteiger partial charge in [0, 0.05) is 35.0 Å². The van der Waals surface area contributed by atoms with E-state index >= 15 is 0 Å². The second-order valence-corrected chi connectivity index (χ2v) is 7.15. The molecule has 4 rings (SSSR count). The van der Waals surface area contributed by atoms with Crippen LogP contribution in [0.1, 0.15) is 18.5 Å². The molecule has 1 N–H and O–H groups in total. The van der Waals surface area contributed by atoms with Crippen molar-refractivity contribution in [1.82, 2.24) is 24.5 Å². The first kappa shape index (κ1) is 20.7. The fourth-order valence-electron chi connectivity index (χ4n) is 3.48. The van der Waals surface area contributed by atoms with Gasteiger partial charge in [0.25, 0.3) is 0 Å². The molecule has 4 aromatic rings. The van der Waals surface area contributed by atoms with E-state index in [2.05, 4.69) is 15.2 Å². The molecule has 0 saturated heterocycles. The zero-order valence-electron chi connectivity index (χ0n) is 16.3. The third kappa shape index (κ3) is 3.93. The monoisotopic (exact) mass is 431 g/mol. The topological polar surface area (TPSA) is 68.8 Å². The first-order chi connectivity index (χ1) is 14.8. The van der Waals surface area contributed by atoms with Crippen LogP contribution in [0.5, 0.6) is 0 Å². The average molecular weight is 431 g/mol. The summed E-state index contributed by atoms with van der Waals surface area (Å²) >= 11 is 0. The summed E-state index contributed by atoms with van der Waals surface area (Å²) in [5.41, 5.74) is -1.63. The molecule has 2 aromatic carbocycles. The predicted octanol–water partition coefficient (Wildman–Crippen LogP) is 3.85. The standard InChI is InChI=1S/C21H17F4N5O/c1-13(30-9-14(8-27-30)17-4-2-15(22)6-19(17)24)21(31,10-29-12-26-11-28-29)18-5-3-16(23)7-20(18)25/h2-9,11-13,31H,10H2,1H3/t13-,21-/m1/s1. The molecule has 31 heavy (non-hydrogen) atoms. The van der Waals surface area contributed by atoms with Crippen LogP contribution in [0.3, 0.4) is 0 Å². The fraction of sp³-hybridized carbons (Fsp3) is 0.190. The van der Waals surface area contributed by atoms with Crippen molar-refractivity contribution < 1.29 is 22.7 Å². The zero-order chi connectivity index (χ0) is 22.2. The first-order valence-electron chi connectivity index (χ1n) is 9.28. The summed E-state index contributed by atoms with van der Waals surface area (Å²) < 4.78 is 58.1. The van der Waals surface area contributed by atoms with Gasteiger partial charge in [0.2, 0.25) is 0 Å². The van der Waals surface area contributed by atoms with E-state index in [1.807, 2.05) is 0 Å². The van der Waals surface area contributed by atoms with Crippen LogP contribution >= 0.6 is 0 Å². The Bertz CT molecular complexity index is 1210. The normalized spacial score (nSPS) is 14.4. The maximum absolute atomic E-state index is 14.7. The van der Waals surface area contributed by atoms with Crippen LogP contribution in [0.2, 0.25) is 0 Å². The summed E-state index contributed by atoms with van der Waals surface area (Å²) in [5, 5.41) is 19.7. The van der Waals surface area contributed by atoms with Gasteiger partial charge in [-0.3, -0.25) is 4.68 Å². The second-order valence-electron chi connectivity index (χ2n) is 7.15. The molecule has 0 saturated carbocycles. The molecule has 0 aliphatic rings. The van der Waals surface area contributed by atoms with Crippen LogP contribution in [0.15, 0.2) is 61.4 Å². The Labute approximate surface area is 174 Å². The van der Waals surface area contributed by atoms with Gasteiger partial charge in [-0.25, -0.2) is 27.2 Å². The van der Waals surface area contributed by atoms with E-state index in [1.54, 1.807) is 6.92 Å². The van der Waals surface area contributed by atoms with E-state index in [-0.39, 0.29) is 17.7 Å². The largest absolute Gasteiger partial charge is 0.381 e. The Morgan fingerprint density at radius 2 is 1.71 bits per heavy atom. The van der Waals surface area contributed by atoms with Gasteiger partial charge in [-0.05, 0) is 25.1 Å². The minimum Gasteiger partial charge on any atom is -0.381 e. The molecule has 0 spiro atoms. The Hall–Kier alpha value is -3.53. The highest BCUT2D eigenvalue weighted by molar-refractivity contribution is 5.62. The minimum atomic E-state index is -1.92. The maximum Gasteiger partial charge on any atom is 0.137 e. The summed E-state index contributed by atoms with van der Waals surface area (Å²) in [5.74, 6) is -3.21. The molecular weight excluding hydrogens is 414 g/mol. The lowest BCUT2D eigenvalue weighted by Crippen LogP contribution is -2.40. The van der Waals surface area contributed by atoms with Crippen LogP contribution in [-0.4, -0.2) is 29.7 Å². The lowest BCUT2D eigenvalue weighted by atomic mass is 9.86. The quantitative estimate of drug-likeness (QED) is 0.471. The van der Waals surface area contributed by atoms with Crippen molar-refractivity contribution in [1.29, 1.82) is 0 Å². The molecule has 0 bridgehead atoms. The number of hydrogen-bond donors (Lipinski definition) is 1. The van der Waals surface area contributed by atoms with Crippen LogP contribution in [0.4, 0.5) is 17.6 Å². The Morgan fingerprint density at radius 1 is 1.00 bits per heavy atom. The lowest BCUT2D eigenvalue weighted by Gasteiger charge is -2.34. The van der Waals surface area contributed by atoms with Crippen molar-refractivity contribution in [3.63, 3.8) is 0 Å². The minimum absolute atomic E-state index is 0.118. The zero-order valence-corrected chi connectivity index (χ0v) is 16.3.